The highest BCUT2D eigenvalue weighted by Crippen LogP contribution is 2.10. The van der Waals surface area contributed by atoms with E-state index in [0.29, 0.717) is 6.42 Å². The van der Waals surface area contributed by atoms with Crippen LogP contribution in [0.2, 0.25) is 0 Å². The lowest BCUT2D eigenvalue weighted by atomic mass is 10.0. The number of nitrogens with one attached hydrogen (secondary N) is 2. The summed E-state index contributed by atoms with van der Waals surface area (Å²) in [7, 11) is 0. The summed E-state index contributed by atoms with van der Waals surface area (Å²) in [4.78, 5) is 36.4. The fraction of sp³-hybridized carbons (Fsp3) is 0.550. The van der Waals surface area contributed by atoms with Crippen LogP contribution in [0, 0.1) is 11.8 Å². The van der Waals surface area contributed by atoms with Gasteiger partial charge in [0, 0.05) is 6.92 Å². The largest absolute Gasteiger partial charge is 0.459 e. The van der Waals surface area contributed by atoms with Crippen molar-refractivity contribution in [1.82, 2.24) is 10.6 Å². The van der Waals surface area contributed by atoms with Gasteiger partial charge >= 0.3 is 5.97 Å². The van der Waals surface area contributed by atoms with E-state index >= 15 is 0 Å². The predicted molar refractivity (Wildman–Crippen MR) is 100 cm³/mol. The topological polar surface area (TPSA) is 84.5 Å². The minimum absolute atomic E-state index is 0.140. The zero-order valence-corrected chi connectivity index (χ0v) is 16.2. The quantitative estimate of drug-likeness (QED) is 0.661. The minimum Gasteiger partial charge on any atom is -0.459 e. The highest BCUT2D eigenvalue weighted by atomic mass is 16.5. The van der Waals surface area contributed by atoms with Crippen LogP contribution in [0.15, 0.2) is 30.3 Å². The van der Waals surface area contributed by atoms with Crippen LogP contribution in [-0.2, 0) is 25.7 Å². The van der Waals surface area contributed by atoms with E-state index in [1.54, 1.807) is 0 Å². The molecule has 0 heterocycles. The molecule has 6 nitrogen and oxygen atoms in total. The van der Waals surface area contributed by atoms with Crippen LogP contribution in [0.5, 0.6) is 0 Å². The molecule has 2 atom stereocenters. The zero-order chi connectivity index (χ0) is 19.7. The molecule has 26 heavy (non-hydrogen) atoms. The monoisotopic (exact) mass is 362 g/mol. The normalized spacial score (nSPS) is 13.2. The van der Waals surface area contributed by atoms with Crippen LogP contribution >= 0.6 is 0 Å². The van der Waals surface area contributed by atoms with Gasteiger partial charge in [0.2, 0.25) is 11.8 Å². The number of benzene rings is 1. The van der Waals surface area contributed by atoms with E-state index in [2.05, 4.69) is 10.6 Å². The van der Waals surface area contributed by atoms with Crippen LogP contribution < -0.4 is 10.6 Å². The molecule has 1 aromatic carbocycles. The molecule has 144 valence electrons. The van der Waals surface area contributed by atoms with Crippen molar-refractivity contribution in [1.29, 1.82) is 0 Å². The second-order valence-corrected chi connectivity index (χ2v) is 7.21. The van der Waals surface area contributed by atoms with Crippen molar-refractivity contribution in [3.05, 3.63) is 35.9 Å². The molecular weight excluding hydrogens is 332 g/mol. The number of hydrogen-bond donors (Lipinski definition) is 2. The first-order valence-corrected chi connectivity index (χ1v) is 8.98. The molecule has 1 aromatic rings. The van der Waals surface area contributed by atoms with Crippen LogP contribution in [0.4, 0.5) is 0 Å². The maximum atomic E-state index is 12.6. The van der Waals surface area contributed by atoms with Gasteiger partial charge in [-0.25, -0.2) is 4.79 Å². The summed E-state index contributed by atoms with van der Waals surface area (Å²) in [5, 5.41) is 5.38. The van der Waals surface area contributed by atoms with E-state index in [9.17, 15) is 14.4 Å². The third kappa shape index (κ3) is 7.68. The number of hydrogen-bond acceptors (Lipinski definition) is 4. The van der Waals surface area contributed by atoms with Gasteiger partial charge in [0.15, 0.2) is 0 Å². The first-order chi connectivity index (χ1) is 12.2. The third-order valence-corrected chi connectivity index (χ3v) is 3.84. The molecule has 0 aromatic heterocycles. The number of amides is 2. The molecule has 2 N–H and O–H groups in total. The number of esters is 1. The molecule has 1 rings (SSSR count). The maximum Gasteiger partial charge on any atom is 0.329 e. The van der Waals surface area contributed by atoms with Gasteiger partial charge in [-0.05, 0) is 23.8 Å². The van der Waals surface area contributed by atoms with Gasteiger partial charge in [-0.3, -0.25) is 9.59 Å². The fourth-order valence-electron chi connectivity index (χ4n) is 2.52. The Morgan fingerprint density at radius 2 is 1.62 bits per heavy atom. The van der Waals surface area contributed by atoms with E-state index in [4.69, 9.17) is 4.74 Å². The van der Waals surface area contributed by atoms with Crippen LogP contribution in [0.3, 0.4) is 0 Å². The standard InChI is InChI=1S/C20H30N2O4/c1-13(2)11-17(21-15(5)23)19(24)22-18(14(3)4)20(25)26-12-16-9-7-6-8-10-16/h6-10,13-14,17-18H,11-12H2,1-5H3,(H,21,23)(H,22,24)/t17-,18+/m0/s1. The zero-order valence-electron chi connectivity index (χ0n) is 16.2. The lowest BCUT2D eigenvalue weighted by Crippen LogP contribution is -2.53. The Hall–Kier alpha value is -2.37. The highest BCUT2D eigenvalue weighted by molar-refractivity contribution is 5.90. The number of ether oxygens (including phenoxy) is 1. The molecule has 0 radical (unpaired) electrons. The van der Waals surface area contributed by atoms with E-state index < -0.39 is 18.1 Å². The smallest absolute Gasteiger partial charge is 0.329 e. The first-order valence-electron chi connectivity index (χ1n) is 8.98. The Labute approximate surface area is 155 Å². The van der Waals surface area contributed by atoms with Crippen LogP contribution in [0.1, 0.15) is 46.6 Å². The Morgan fingerprint density at radius 1 is 1.00 bits per heavy atom. The Morgan fingerprint density at radius 3 is 2.12 bits per heavy atom. The Bertz CT molecular complexity index is 599. The predicted octanol–water partition coefficient (Wildman–Crippen LogP) is 2.42. The Kier molecular flexibility index (Phi) is 8.82. The molecule has 0 aliphatic rings. The summed E-state index contributed by atoms with van der Waals surface area (Å²) in [5.41, 5.74) is 0.880. The van der Waals surface area contributed by atoms with Gasteiger partial charge in [0.05, 0.1) is 0 Å². The van der Waals surface area contributed by atoms with Crippen molar-refractivity contribution >= 4 is 17.8 Å². The molecule has 0 unspecified atom stereocenters. The van der Waals surface area contributed by atoms with Gasteiger partial charge in [-0.1, -0.05) is 58.0 Å². The molecule has 0 aliphatic carbocycles. The first kappa shape index (κ1) is 21.7. The molecule has 0 saturated heterocycles. The number of rotatable bonds is 9. The van der Waals surface area contributed by atoms with E-state index in [1.807, 2.05) is 58.0 Å². The van der Waals surface area contributed by atoms with Crippen molar-refractivity contribution in [2.45, 2.75) is 59.7 Å². The molecule has 6 heteroatoms. The average Bonchev–Trinajstić information content (AvgIpc) is 2.56. The average molecular weight is 362 g/mol. The van der Waals surface area contributed by atoms with Gasteiger partial charge < -0.3 is 15.4 Å². The van der Waals surface area contributed by atoms with Crippen molar-refractivity contribution in [2.75, 3.05) is 0 Å². The van der Waals surface area contributed by atoms with Crippen molar-refractivity contribution in [3.8, 4) is 0 Å². The van der Waals surface area contributed by atoms with Gasteiger partial charge in [-0.2, -0.15) is 0 Å². The maximum absolute atomic E-state index is 12.6. The minimum atomic E-state index is -0.769. The molecule has 0 aliphatic heterocycles. The SMILES string of the molecule is CC(=O)N[C@@H](CC(C)C)C(=O)N[C@@H](C(=O)OCc1ccccc1)C(C)C. The van der Waals surface area contributed by atoms with Gasteiger partial charge in [0.25, 0.3) is 0 Å². The fourth-order valence-corrected chi connectivity index (χ4v) is 2.52. The second-order valence-electron chi connectivity index (χ2n) is 7.21. The lowest BCUT2D eigenvalue weighted by Gasteiger charge is -2.25. The number of carbonyl (C=O) groups is 3. The van der Waals surface area contributed by atoms with Gasteiger partial charge in [-0.15, -0.1) is 0 Å². The summed E-state index contributed by atoms with van der Waals surface area (Å²) < 4.78 is 5.35. The molecule has 0 fully saturated rings. The molecular formula is C20H30N2O4. The molecule has 0 saturated carbocycles. The summed E-state index contributed by atoms with van der Waals surface area (Å²) in [6, 6.07) is 7.92. The van der Waals surface area contributed by atoms with E-state index in [0.717, 1.165) is 5.56 Å². The second kappa shape index (κ2) is 10.6. The molecule has 2 amide bonds. The summed E-state index contributed by atoms with van der Waals surface area (Å²) >= 11 is 0. The summed E-state index contributed by atoms with van der Waals surface area (Å²) in [6.07, 6.45) is 0.495. The van der Waals surface area contributed by atoms with Crippen LogP contribution in [0.25, 0.3) is 0 Å². The number of carbonyl (C=O) groups excluding carboxylic acids is 3. The van der Waals surface area contributed by atoms with Crippen LogP contribution in [-0.4, -0.2) is 29.9 Å². The van der Waals surface area contributed by atoms with E-state index in [-0.39, 0.29) is 30.3 Å². The van der Waals surface area contributed by atoms with E-state index in [1.165, 1.54) is 6.92 Å². The highest BCUT2D eigenvalue weighted by Gasteiger charge is 2.29. The van der Waals surface area contributed by atoms with Crippen molar-refractivity contribution < 1.29 is 19.1 Å². The van der Waals surface area contributed by atoms with Gasteiger partial charge in [0.1, 0.15) is 18.7 Å². The third-order valence-electron chi connectivity index (χ3n) is 3.84. The van der Waals surface area contributed by atoms with Crippen molar-refractivity contribution in [3.63, 3.8) is 0 Å². The summed E-state index contributed by atoms with van der Waals surface area (Å²) in [5.74, 6) is -1.05. The molecule has 0 spiro atoms. The summed E-state index contributed by atoms with van der Waals surface area (Å²) in [6.45, 7) is 9.13. The molecule has 0 bridgehead atoms. The van der Waals surface area contributed by atoms with Crippen molar-refractivity contribution in [2.24, 2.45) is 11.8 Å². The Balaban J connectivity index is 2.73. The lowest BCUT2D eigenvalue weighted by molar-refractivity contribution is -0.150.